The van der Waals surface area contributed by atoms with Gasteiger partial charge in [0.2, 0.25) is 0 Å². The molecular weight excluding hydrogens is 218 g/mol. The summed E-state index contributed by atoms with van der Waals surface area (Å²) >= 11 is 0. The molecule has 1 N–H and O–H groups in total. The van der Waals surface area contributed by atoms with Crippen molar-refractivity contribution in [1.82, 2.24) is 4.72 Å². The van der Waals surface area contributed by atoms with E-state index in [1.165, 1.54) is 0 Å². The van der Waals surface area contributed by atoms with Crippen LogP contribution in [-0.4, -0.2) is 16.3 Å². The summed E-state index contributed by atoms with van der Waals surface area (Å²) in [5.41, 5.74) is 1.12. The molecule has 0 aliphatic heterocycles. The first kappa shape index (κ1) is 17.6. The summed E-state index contributed by atoms with van der Waals surface area (Å²) in [7, 11) is -2.07. The fourth-order valence-electron chi connectivity index (χ4n) is 0.832. The van der Waals surface area contributed by atoms with E-state index in [1.54, 1.807) is 6.26 Å². The molecule has 1 rings (SSSR count). The maximum absolute atomic E-state index is 11.1. The Hall–Kier alpha value is -0.800. The van der Waals surface area contributed by atoms with Gasteiger partial charge in [-0.3, -0.25) is 4.21 Å². The minimum atomic E-state index is -2.07. The van der Waals surface area contributed by atoms with Gasteiger partial charge in [-0.15, -0.1) is 0 Å². The molecule has 0 spiro atoms. The average Bonchev–Trinajstić information content (AvgIpc) is 2.32. The Bertz CT molecular complexity index is 330. The molecule has 16 heavy (non-hydrogen) atoms. The maximum Gasteiger partial charge on any atom is 0.0326 e. The van der Waals surface area contributed by atoms with E-state index in [1.807, 2.05) is 58.0 Å². The van der Waals surface area contributed by atoms with Crippen LogP contribution in [0.3, 0.4) is 0 Å². The Morgan fingerprint density at radius 2 is 1.56 bits per heavy atom. The van der Waals surface area contributed by atoms with E-state index in [0.29, 0.717) is 6.54 Å². The molecule has 1 aromatic rings. The quantitative estimate of drug-likeness (QED) is 0.812. The van der Waals surface area contributed by atoms with Crippen LogP contribution in [0.5, 0.6) is 0 Å². The van der Waals surface area contributed by atoms with Crippen molar-refractivity contribution in [3.63, 3.8) is 0 Å². The molecule has 0 aliphatic rings. The van der Waals surface area contributed by atoms with Gasteiger partial charge in [-0.25, -0.2) is 4.72 Å². The molecule has 2 nitrogen and oxygen atoms in total. The lowest BCUT2D eigenvalue weighted by molar-refractivity contribution is 0.674. The van der Waals surface area contributed by atoms with Crippen molar-refractivity contribution in [3.05, 3.63) is 35.9 Å². The van der Waals surface area contributed by atoms with E-state index in [4.69, 9.17) is 0 Å². The fraction of sp³-hybridized carbons (Fsp3) is 0.462. The third-order valence-electron chi connectivity index (χ3n) is 1.42. The second-order valence-electron chi connectivity index (χ2n) is 2.81. The predicted molar refractivity (Wildman–Crippen MR) is 77.2 cm³/mol. The molecule has 0 aliphatic carbocycles. The molecule has 0 aromatic heterocycles. The molecule has 0 radical (unpaired) electrons. The van der Waals surface area contributed by atoms with Crippen molar-refractivity contribution < 1.29 is 4.21 Å². The van der Waals surface area contributed by atoms with E-state index >= 15 is 0 Å². The van der Waals surface area contributed by atoms with Crippen molar-refractivity contribution >= 4 is 15.6 Å². The van der Waals surface area contributed by atoms with E-state index in [9.17, 15) is 4.21 Å². The number of nitrogens with one attached hydrogen (secondary N) is 1. The lowest BCUT2D eigenvalue weighted by Crippen LogP contribution is -2.20. The van der Waals surface area contributed by atoms with Crippen molar-refractivity contribution in [2.24, 2.45) is 0 Å². The molecule has 3 heteroatoms. The molecule has 0 fully saturated rings. The first-order chi connectivity index (χ1) is 7.58. The molecule has 1 aromatic carbocycles. The van der Waals surface area contributed by atoms with Crippen molar-refractivity contribution in [2.45, 2.75) is 34.2 Å². The van der Waals surface area contributed by atoms with Crippen LogP contribution in [0.25, 0.3) is 0 Å². The van der Waals surface area contributed by atoms with Gasteiger partial charge in [0.15, 0.2) is 0 Å². The second kappa shape index (κ2) is 10.7. The SMILES string of the molecule is C=S(C)(=O)NCc1ccccc1.CC.CC. The molecule has 0 heterocycles. The van der Waals surface area contributed by atoms with Crippen LogP contribution in [0.2, 0.25) is 0 Å². The number of benzene rings is 1. The van der Waals surface area contributed by atoms with Gasteiger partial charge in [-0.1, -0.05) is 58.0 Å². The van der Waals surface area contributed by atoms with Crippen LogP contribution in [-0.2, 0) is 16.3 Å². The van der Waals surface area contributed by atoms with Gasteiger partial charge >= 0.3 is 0 Å². The summed E-state index contributed by atoms with van der Waals surface area (Å²) < 4.78 is 14.0. The van der Waals surface area contributed by atoms with Crippen molar-refractivity contribution in [3.8, 4) is 0 Å². The Labute approximate surface area is 101 Å². The van der Waals surface area contributed by atoms with Crippen LogP contribution in [0.1, 0.15) is 33.3 Å². The van der Waals surface area contributed by atoms with E-state index in [0.717, 1.165) is 5.56 Å². The highest BCUT2D eigenvalue weighted by Gasteiger charge is 1.93. The maximum atomic E-state index is 11.1. The summed E-state index contributed by atoms with van der Waals surface area (Å²) in [5.74, 6) is 3.50. The third-order valence-corrected chi connectivity index (χ3v) is 2.18. The first-order valence-corrected chi connectivity index (χ1v) is 7.82. The average molecular weight is 243 g/mol. The zero-order valence-corrected chi connectivity index (χ0v) is 11.9. The standard InChI is InChI=1S/C9H13NOS.2C2H6/c1-12(2,11)10-8-9-6-4-3-5-7-9;2*1-2/h3-7H,1,8H2,2H3,(H,10,11);2*1-2H3. The zero-order chi connectivity index (χ0) is 13.0. The van der Waals surface area contributed by atoms with Crippen molar-refractivity contribution in [1.29, 1.82) is 0 Å². The fourth-order valence-corrected chi connectivity index (χ4v) is 1.30. The normalized spacial score (nSPS) is 12.3. The molecular formula is C13H25NOS. The van der Waals surface area contributed by atoms with Gasteiger partial charge < -0.3 is 0 Å². The third kappa shape index (κ3) is 11.3. The Kier molecular flexibility index (Phi) is 11.8. The van der Waals surface area contributed by atoms with Crippen LogP contribution in [0.4, 0.5) is 0 Å². The minimum absolute atomic E-state index is 0.611. The van der Waals surface area contributed by atoms with Crippen LogP contribution >= 0.6 is 0 Å². The van der Waals surface area contributed by atoms with Gasteiger partial charge in [0, 0.05) is 22.5 Å². The first-order valence-electron chi connectivity index (χ1n) is 5.69. The van der Waals surface area contributed by atoms with Gasteiger partial charge in [-0.05, 0) is 11.4 Å². The minimum Gasteiger partial charge on any atom is -0.253 e. The van der Waals surface area contributed by atoms with E-state index in [2.05, 4.69) is 10.6 Å². The van der Waals surface area contributed by atoms with Gasteiger partial charge in [0.1, 0.15) is 0 Å². The van der Waals surface area contributed by atoms with Gasteiger partial charge in [-0.2, -0.15) is 0 Å². The Morgan fingerprint density at radius 3 is 1.94 bits per heavy atom. The Morgan fingerprint density at radius 1 is 1.12 bits per heavy atom. The Balaban J connectivity index is 0. The lowest BCUT2D eigenvalue weighted by atomic mass is 10.2. The van der Waals surface area contributed by atoms with Crippen LogP contribution in [0.15, 0.2) is 30.3 Å². The molecule has 94 valence electrons. The highest BCUT2D eigenvalue weighted by atomic mass is 32.2. The number of rotatable bonds is 3. The van der Waals surface area contributed by atoms with Gasteiger partial charge in [0.25, 0.3) is 0 Å². The molecule has 0 saturated carbocycles. The summed E-state index contributed by atoms with van der Waals surface area (Å²) in [6.07, 6.45) is 1.59. The largest absolute Gasteiger partial charge is 0.253 e. The van der Waals surface area contributed by atoms with Gasteiger partial charge in [0.05, 0.1) is 0 Å². The summed E-state index contributed by atoms with van der Waals surface area (Å²) in [6, 6.07) is 9.84. The monoisotopic (exact) mass is 243 g/mol. The van der Waals surface area contributed by atoms with Crippen LogP contribution in [0, 0.1) is 0 Å². The van der Waals surface area contributed by atoms with E-state index < -0.39 is 9.71 Å². The molecule has 0 amide bonds. The molecule has 1 atom stereocenters. The molecule has 1 unspecified atom stereocenters. The summed E-state index contributed by atoms with van der Waals surface area (Å²) in [4.78, 5) is 0. The zero-order valence-electron chi connectivity index (χ0n) is 11.1. The summed E-state index contributed by atoms with van der Waals surface area (Å²) in [5, 5.41) is 0. The molecule has 0 bridgehead atoms. The smallest absolute Gasteiger partial charge is 0.0326 e. The topological polar surface area (TPSA) is 29.1 Å². The second-order valence-corrected chi connectivity index (χ2v) is 5.11. The number of hydrogen-bond acceptors (Lipinski definition) is 1. The predicted octanol–water partition coefficient (Wildman–Crippen LogP) is 3.09. The number of hydrogen-bond donors (Lipinski definition) is 1. The highest BCUT2D eigenvalue weighted by Crippen LogP contribution is 1.97. The summed E-state index contributed by atoms with van der Waals surface area (Å²) in [6.45, 7) is 8.61. The van der Waals surface area contributed by atoms with Crippen molar-refractivity contribution in [2.75, 3.05) is 6.26 Å². The highest BCUT2D eigenvalue weighted by molar-refractivity contribution is 7.97. The van der Waals surface area contributed by atoms with E-state index in [-0.39, 0.29) is 0 Å². The molecule has 0 saturated heterocycles. The lowest BCUT2D eigenvalue weighted by Gasteiger charge is -2.04. The van der Waals surface area contributed by atoms with Crippen LogP contribution < -0.4 is 4.72 Å².